The molecule has 1 N–H and O–H groups in total. The van der Waals surface area contributed by atoms with Gasteiger partial charge in [0.2, 0.25) is 0 Å². The Morgan fingerprint density at radius 1 is 1.44 bits per heavy atom. The van der Waals surface area contributed by atoms with Gasteiger partial charge in [0.05, 0.1) is 17.8 Å². The van der Waals surface area contributed by atoms with E-state index in [1.807, 2.05) is 7.05 Å². The normalized spacial score (nSPS) is 26.2. The number of nitrogens with zero attached hydrogens (tertiary/aromatic N) is 2. The van der Waals surface area contributed by atoms with Crippen molar-refractivity contribution in [1.29, 1.82) is 0 Å². The lowest BCUT2D eigenvalue weighted by atomic mass is 10.2. The van der Waals surface area contributed by atoms with Gasteiger partial charge in [-0.05, 0) is 26.3 Å². The Morgan fingerprint density at radius 2 is 2.19 bits per heavy atom. The van der Waals surface area contributed by atoms with Crippen LogP contribution in [0.1, 0.15) is 30.9 Å². The van der Waals surface area contributed by atoms with Crippen LogP contribution in [0.3, 0.4) is 0 Å². The molecular weight excluding hydrogens is 219 g/mol. The number of alkyl halides is 3. The van der Waals surface area contributed by atoms with Crippen LogP contribution >= 0.6 is 0 Å². The van der Waals surface area contributed by atoms with Gasteiger partial charge >= 0.3 is 6.18 Å². The fraction of sp³-hybridized carbons (Fsp3) is 0.700. The number of halogens is 3. The van der Waals surface area contributed by atoms with E-state index < -0.39 is 11.7 Å². The average molecular weight is 233 g/mol. The molecule has 2 unspecified atom stereocenters. The third-order valence-electron chi connectivity index (χ3n) is 3.12. The van der Waals surface area contributed by atoms with Crippen molar-refractivity contribution in [3.05, 3.63) is 18.0 Å². The highest BCUT2D eigenvalue weighted by Gasteiger charge is 2.34. The molecule has 1 fully saturated rings. The SMILES string of the molecule is CNC1CCCC1n1cc(C(F)(F)F)cn1. The number of rotatable bonds is 2. The quantitative estimate of drug-likeness (QED) is 0.848. The Balaban J connectivity index is 2.18. The molecule has 1 aromatic rings. The average Bonchev–Trinajstić information content (AvgIpc) is 2.84. The van der Waals surface area contributed by atoms with E-state index in [-0.39, 0.29) is 12.1 Å². The zero-order chi connectivity index (χ0) is 11.8. The van der Waals surface area contributed by atoms with E-state index in [4.69, 9.17) is 0 Å². The molecule has 3 nitrogen and oxygen atoms in total. The number of hydrogen-bond donors (Lipinski definition) is 1. The summed E-state index contributed by atoms with van der Waals surface area (Å²) in [6, 6.07) is 0.266. The monoisotopic (exact) mass is 233 g/mol. The molecule has 1 aliphatic rings. The summed E-state index contributed by atoms with van der Waals surface area (Å²) in [6.07, 6.45) is 0.585. The third kappa shape index (κ3) is 2.07. The lowest BCUT2D eigenvalue weighted by Gasteiger charge is -2.19. The molecule has 0 radical (unpaired) electrons. The first kappa shape index (κ1) is 11.4. The van der Waals surface area contributed by atoms with Gasteiger partial charge in [-0.2, -0.15) is 18.3 Å². The molecule has 0 amide bonds. The van der Waals surface area contributed by atoms with Gasteiger partial charge in [-0.1, -0.05) is 0 Å². The first-order chi connectivity index (χ1) is 7.52. The fourth-order valence-corrected chi connectivity index (χ4v) is 2.26. The second-order valence-electron chi connectivity index (χ2n) is 4.10. The third-order valence-corrected chi connectivity index (χ3v) is 3.12. The van der Waals surface area contributed by atoms with Gasteiger partial charge in [-0.3, -0.25) is 4.68 Å². The second-order valence-corrected chi connectivity index (χ2v) is 4.10. The lowest BCUT2D eigenvalue weighted by Crippen LogP contribution is -2.31. The van der Waals surface area contributed by atoms with Crippen molar-refractivity contribution in [2.45, 2.75) is 37.5 Å². The summed E-state index contributed by atoms with van der Waals surface area (Å²) in [7, 11) is 1.83. The summed E-state index contributed by atoms with van der Waals surface area (Å²) >= 11 is 0. The van der Waals surface area contributed by atoms with Gasteiger partial charge < -0.3 is 5.32 Å². The zero-order valence-electron chi connectivity index (χ0n) is 8.96. The molecule has 6 heteroatoms. The highest BCUT2D eigenvalue weighted by molar-refractivity contribution is 5.09. The number of likely N-dealkylation sites (N-methyl/N-ethyl adjacent to an activating group) is 1. The Labute approximate surface area is 91.6 Å². The van der Waals surface area contributed by atoms with Crippen LogP contribution in [0.2, 0.25) is 0 Å². The van der Waals surface area contributed by atoms with Gasteiger partial charge in [-0.25, -0.2) is 0 Å². The van der Waals surface area contributed by atoms with Crippen LogP contribution in [0.15, 0.2) is 12.4 Å². The maximum absolute atomic E-state index is 12.4. The van der Waals surface area contributed by atoms with Crippen LogP contribution in [0.4, 0.5) is 13.2 Å². The molecular formula is C10H14F3N3. The molecule has 0 bridgehead atoms. The summed E-state index contributed by atoms with van der Waals surface area (Å²) in [5.74, 6) is 0. The van der Waals surface area contributed by atoms with E-state index >= 15 is 0 Å². The summed E-state index contributed by atoms with van der Waals surface area (Å²) in [5, 5.41) is 6.94. The van der Waals surface area contributed by atoms with Crippen molar-refractivity contribution in [3.8, 4) is 0 Å². The molecule has 2 rings (SSSR count). The minimum Gasteiger partial charge on any atom is -0.315 e. The minimum atomic E-state index is -4.30. The second kappa shape index (κ2) is 4.08. The zero-order valence-corrected chi connectivity index (χ0v) is 8.96. The highest BCUT2D eigenvalue weighted by Crippen LogP contribution is 2.33. The van der Waals surface area contributed by atoms with Gasteiger partial charge in [0.1, 0.15) is 0 Å². The smallest absolute Gasteiger partial charge is 0.315 e. The van der Waals surface area contributed by atoms with Crippen LogP contribution in [0.5, 0.6) is 0 Å². The van der Waals surface area contributed by atoms with E-state index in [1.165, 1.54) is 4.68 Å². The summed E-state index contributed by atoms with van der Waals surface area (Å²) < 4.78 is 38.6. The highest BCUT2D eigenvalue weighted by atomic mass is 19.4. The van der Waals surface area contributed by atoms with Crippen LogP contribution < -0.4 is 5.32 Å². The first-order valence-electron chi connectivity index (χ1n) is 5.31. The molecule has 16 heavy (non-hydrogen) atoms. The predicted octanol–water partition coefficient (Wildman–Crippen LogP) is 2.21. The van der Waals surface area contributed by atoms with Crippen molar-refractivity contribution >= 4 is 0 Å². The van der Waals surface area contributed by atoms with Gasteiger partial charge in [0.15, 0.2) is 0 Å². The predicted molar refractivity (Wildman–Crippen MR) is 53.0 cm³/mol. The maximum Gasteiger partial charge on any atom is 0.419 e. The van der Waals surface area contributed by atoms with Crippen LogP contribution in [0, 0.1) is 0 Å². The topological polar surface area (TPSA) is 29.9 Å². The maximum atomic E-state index is 12.4. The molecule has 0 spiro atoms. The van der Waals surface area contributed by atoms with Crippen molar-refractivity contribution < 1.29 is 13.2 Å². The molecule has 1 heterocycles. The standard InChI is InChI=1S/C10H14F3N3/c1-14-8-3-2-4-9(8)16-6-7(5-15-16)10(11,12)13/h5-6,8-9,14H,2-4H2,1H3. The Morgan fingerprint density at radius 3 is 2.75 bits per heavy atom. The van der Waals surface area contributed by atoms with Crippen LogP contribution in [-0.2, 0) is 6.18 Å². The van der Waals surface area contributed by atoms with Crippen molar-refractivity contribution in [2.75, 3.05) is 7.05 Å². The summed E-state index contributed by atoms with van der Waals surface area (Å²) in [6.45, 7) is 0. The molecule has 1 saturated carbocycles. The van der Waals surface area contributed by atoms with Crippen molar-refractivity contribution in [1.82, 2.24) is 15.1 Å². The van der Waals surface area contributed by atoms with E-state index in [0.29, 0.717) is 0 Å². The Kier molecular flexibility index (Phi) is 2.92. The Bertz CT molecular complexity index is 358. The molecule has 90 valence electrons. The van der Waals surface area contributed by atoms with E-state index in [1.54, 1.807) is 0 Å². The van der Waals surface area contributed by atoms with Gasteiger partial charge in [0.25, 0.3) is 0 Å². The van der Waals surface area contributed by atoms with Crippen molar-refractivity contribution in [2.24, 2.45) is 0 Å². The van der Waals surface area contributed by atoms with Gasteiger partial charge in [0, 0.05) is 12.2 Å². The molecule has 1 aliphatic carbocycles. The fourth-order valence-electron chi connectivity index (χ4n) is 2.26. The first-order valence-corrected chi connectivity index (χ1v) is 5.31. The van der Waals surface area contributed by atoms with Crippen molar-refractivity contribution in [3.63, 3.8) is 0 Å². The van der Waals surface area contributed by atoms with Crippen LogP contribution in [-0.4, -0.2) is 22.9 Å². The summed E-state index contributed by atoms with van der Waals surface area (Å²) in [4.78, 5) is 0. The number of nitrogens with one attached hydrogen (secondary N) is 1. The Hall–Kier alpha value is -1.04. The van der Waals surface area contributed by atoms with E-state index in [2.05, 4.69) is 10.4 Å². The largest absolute Gasteiger partial charge is 0.419 e. The molecule has 0 saturated heterocycles. The number of hydrogen-bond acceptors (Lipinski definition) is 2. The molecule has 0 aliphatic heterocycles. The minimum absolute atomic E-state index is 0.0427. The van der Waals surface area contributed by atoms with Gasteiger partial charge in [-0.15, -0.1) is 0 Å². The van der Waals surface area contributed by atoms with Crippen LogP contribution in [0.25, 0.3) is 0 Å². The molecule has 2 atom stereocenters. The lowest BCUT2D eigenvalue weighted by molar-refractivity contribution is -0.137. The number of aromatic nitrogens is 2. The summed E-state index contributed by atoms with van der Waals surface area (Å²) in [5.41, 5.74) is -0.672. The van der Waals surface area contributed by atoms with E-state index in [0.717, 1.165) is 31.7 Å². The molecule has 0 aromatic carbocycles. The molecule has 1 aromatic heterocycles. The van der Waals surface area contributed by atoms with E-state index in [9.17, 15) is 13.2 Å².